The number of hydrogen-bond donors (Lipinski definition) is 1. The van der Waals surface area contributed by atoms with Crippen LogP contribution in [-0.4, -0.2) is 0 Å². The molecule has 0 radical (unpaired) electrons. The van der Waals surface area contributed by atoms with E-state index < -0.39 is 5.54 Å². The monoisotopic (exact) mass is 257 g/mol. The highest BCUT2D eigenvalue weighted by Gasteiger charge is 2.33. The Morgan fingerprint density at radius 1 is 1.29 bits per heavy atom. The minimum atomic E-state index is -0.426. The molecule has 2 rings (SSSR count). The normalized spacial score (nSPS) is 19.9. The van der Waals surface area contributed by atoms with Gasteiger partial charge in [-0.05, 0) is 25.0 Å². The molecule has 0 aliphatic heterocycles. The average Bonchev–Trinajstić information content (AvgIpc) is 2.52. The molecule has 0 saturated heterocycles. The van der Waals surface area contributed by atoms with E-state index in [9.17, 15) is 4.39 Å². The van der Waals surface area contributed by atoms with Crippen molar-refractivity contribution in [3.8, 4) is 0 Å². The second-order valence-electron chi connectivity index (χ2n) is 3.99. The molecule has 0 aromatic heterocycles. The maximum absolute atomic E-state index is 13.6. The molecular formula is C11H13BrFN. The van der Waals surface area contributed by atoms with Gasteiger partial charge in [0.1, 0.15) is 5.82 Å². The summed E-state index contributed by atoms with van der Waals surface area (Å²) in [5.41, 5.74) is 6.42. The van der Waals surface area contributed by atoms with Gasteiger partial charge in [-0.15, -0.1) is 0 Å². The van der Waals surface area contributed by atoms with Gasteiger partial charge in [-0.1, -0.05) is 34.8 Å². The van der Waals surface area contributed by atoms with E-state index >= 15 is 0 Å². The summed E-state index contributed by atoms with van der Waals surface area (Å²) < 4.78 is 14.4. The summed E-state index contributed by atoms with van der Waals surface area (Å²) in [4.78, 5) is 0. The predicted octanol–water partition coefficient (Wildman–Crippen LogP) is 3.32. The minimum Gasteiger partial charge on any atom is -0.321 e. The van der Waals surface area contributed by atoms with Gasteiger partial charge in [-0.2, -0.15) is 0 Å². The van der Waals surface area contributed by atoms with Crippen LogP contribution in [0.3, 0.4) is 0 Å². The molecule has 14 heavy (non-hydrogen) atoms. The topological polar surface area (TPSA) is 26.0 Å². The standard InChI is InChI=1S/C11H13BrFN/c12-8-3-4-9(10(13)7-8)11(14)5-1-2-6-11/h3-4,7H,1-2,5-6,14H2. The minimum absolute atomic E-state index is 0.191. The molecule has 1 fully saturated rings. The van der Waals surface area contributed by atoms with Gasteiger partial charge in [0.05, 0.1) is 0 Å². The summed E-state index contributed by atoms with van der Waals surface area (Å²) in [6.45, 7) is 0. The van der Waals surface area contributed by atoms with Gasteiger partial charge in [0.15, 0.2) is 0 Å². The van der Waals surface area contributed by atoms with Crippen molar-refractivity contribution in [3.63, 3.8) is 0 Å². The molecule has 1 aromatic rings. The molecule has 0 heterocycles. The number of halogens is 2. The lowest BCUT2D eigenvalue weighted by molar-refractivity contribution is 0.433. The summed E-state index contributed by atoms with van der Waals surface area (Å²) in [6.07, 6.45) is 4.00. The molecule has 1 aliphatic rings. The molecule has 3 heteroatoms. The van der Waals surface area contributed by atoms with Crippen LogP contribution in [0.1, 0.15) is 31.2 Å². The maximum Gasteiger partial charge on any atom is 0.129 e. The van der Waals surface area contributed by atoms with Gasteiger partial charge in [-0.25, -0.2) is 4.39 Å². The lowest BCUT2D eigenvalue weighted by atomic mass is 9.89. The van der Waals surface area contributed by atoms with Gasteiger partial charge in [-0.3, -0.25) is 0 Å². The van der Waals surface area contributed by atoms with Crippen LogP contribution in [0.2, 0.25) is 0 Å². The molecule has 1 aliphatic carbocycles. The summed E-state index contributed by atoms with van der Waals surface area (Å²) in [7, 11) is 0. The smallest absolute Gasteiger partial charge is 0.129 e. The predicted molar refractivity (Wildman–Crippen MR) is 58.4 cm³/mol. The zero-order valence-electron chi connectivity index (χ0n) is 7.89. The van der Waals surface area contributed by atoms with Crippen LogP contribution in [0.5, 0.6) is 0 Å². The van der Waals surface area contributed by atoms with E-state index in [1.807, 2.05) is 6.07 Å². The van der Waals surface area contributed by atoms with Crippen LogP contribution in [-0.2, 0) is 5.54 Å². The Kier molecular flexibility index (Phi) is 2.62. The van der Waals surface area contributed by atoms with Crippen LogP contribution in [0.4, 0.5) is 4.39 Å². The van der Waals surface area contributed by atoms with Crippen molar-refractivity contribution in [3.05, 3.63) is 34.1 Å². The van der Waals surface area contributed by atoms with E-state index in [-0.39, 0.29) is 5.82 Å². The third kappa shape index (κ3) is 1.71. The number of hydrogen-bond acceptors (Lipinski definition) is 1. The zero-order valence-corrected chi connectivity index (χ0v) is 9.48. The van der Waals surface area contributed by atoms with Crippen molar-refractivity contribution in [2.75, 3.05) is 0 Å². The largest absolute Gasteiger partial charge is 0.321 e. The SMILES string of the molecule is NC1(c2ccc(Br)cc2F)CCCC1. The van der Waals surface area contributed by atoms with E-state index in [4.69, 9.17) is 5.73 Å². The second kappa shape index (κ2) is 3.63. The molecule has 0 unspecified atom stereocenters. The van der Waals surface area contributed by atoms with E-state index in [0.717, 1.165) is 30.2 Å². The summed E-state index contributed by atoms with van der Waals surface area (Å²) in [5, 5.41) is 0. The van der Waals surface area contributed by atoms with E-state index in [2.05, 4.69) is 15.9 Å². The summed E-state index contributed by atoms with van der Waals surface area (Å²) >= 11 is 3.24. The Morgan fingerprint density at radius 2 is 1.93 bits per heavy atom. The Morgan fingerprint density at radius 3 is 2.50 bits per heavy atom. The number of benzene rings is 1. The first kappa shape index (κ1) is 10.1. The Balaban J connectivity index is 2.40. The van der Waals surface area contributed by atoms with Gasteiger partial charge in [0, 0.05) is 15.6 Å². The molecule has 0 spiro atoms. The molecule has 1 aromatic carbocycles. The molecule has 0 amide bonds. The lowest BCUT2D eigenvalue weighted by Crippen LogP contribution is -2.34. The first-order chi connectivity index (χ1) is 6.62. The Bertz CT molecular complexity index is 345. The molecule has 0 bridgehead atoms. The molecule has 1 saturated carbocycles. The fraction of sp³-hybridized carbons (Fsp3) is 0.455. The lowest BCUT2D eigenvalue weighted by Gasteiger charge is -2.24. The van der Waals surface area contributed by atoms with Gasteiger partial charge < -0.3 is 5.73 Å². The third-order valence-corrected chi connectivity index (χ3v) is 3.46. The van der Waals surface area contributed by atoms with Crippen LogP contribution < -0.4 is 5.73 Å². The van der Waals surface area contributed by atoms with Gasteiger partial charge >= 0.3 is 0 Å². The average molecular weight is 258 g/mol. The van der Waals surface area contributed by atoms with Crippen LogP contribution in [0.25, 0.3) is 0 Å². The highest BCUT2D eigenvalue weighted by atomic mass is 79.9. The zero-order chi connectivity index (χ0) is 10.2. The highest BCUT2D eigenvalue weighted by Crippen LogP contribution is 2.37. The van der Waals surface area contributed by atoms with Gasteiger partial charge in [0.25, 0.3) is 0 Å². The fourth-order valence-electron chi connectivity index (χ4n) is 2.17. The Hall–Kier alpha value is -0.410. The van der Waals surface area contributed by atoms with Crippen LogP contribution in [0.15, 0.2) is 22.7 Å². The molecule has 76 valence electrons. The van der Waals surface area contributed by atoms with Crippen molar-refractivity contribution >= 4 is 15.9 Å². The number of nitrogens with two attached hydrogens (primary N) is 1. The first-order valence-electron chi connectivity index (χ1n) is 4.86. The molecule has 2 N–H and O–H groups in total. The first-order valence-corrected chi connectivity index (χ1v) is 5.65. The van der Waals surface area contributed by atoms with Gasteiger partial charge in [0.2, 0.25) is 0 Å². The van der Waals surface area contributed by atoms with Crippen molar-refractivity contribution in [1.82, 2.24) is 0 Å². The van der Waals surface area contributed by atoms with E-state index in [0.29, 0.717) is 5.56 Å². The van der Waals surface area contributed by atoms with Crippen molar-refractivity contribution in [2.45, 2.75) is 31.2 Å². The fourth-order valence-corrected chi connectivity index (χ4v) is 2.50. The van der Waals surface area contributed by atoms with Crippen molar-refractivity contribution in [2.24, 2.45) is 5.73 Å². The van der Waals surface area contributed by atoms with Crippen LogP contribution >= 0.6 is 15.9 Å². The number of rotatable bonds is 1. The molecular weight excluding hydrogens is 245 g/mol. The van der Waals surface area contributed by atoms with E-state index in [1.54, 1.807) is 6.07 Å². The summed E-state index contributed by atoms with van der Waals surface area (Å²) in [6, 6.07) is 5.14. The van der Waals surface area contributed by atoms with Crippen molar-refractivity contribution in [1.29, 1.82) is 0 Å². The second-order valence-corrected chi connectivity index (χ2v) is 4.90. The highest BCUT2D eigenvalue weighted by molar-refractivity contribution is 9.10. The Labute approximate surface area is 91.6 Å². The molecule has 0 atom stereocenters. The molecule has 1 nitrogen and oxygen atoms in total. The third-order valence-electron chi connectivity index (χ3n) is 2.96. The summed E-state index contributed by atoms with van der Waals surface area (Å²) in [5.74, 6) is -0.191. The maximum atomic E-state index is 13.6. The quantitative estimate of drug-likeness (QED) is 0.821. The van der Waals surface area contributed by atoms with E-state index in [1.165, 1.54) is 6.07 Å². The van der Waals surface area contributed by atoms with Crippen LogP contribution in [0, 0.1) is 5.82 Å². The van der Waals surface area contributed by atoms with Crippen molar-refractivity contribution < 1.29 is 4.39 Å².